The highest BCUT2D eigenvalue weighted by molar-refractivity contribution is 5.49. The van der Waals surface area contributed by atoms with Crippen LogP contribution in [0.3, 0.4) is 0 Å². The van der Waals surface area contributed by atoms with Gasteiger partial charge in [-0.3, -0.25) is 0 Å². The lowest BCUT2D eigenvalue weighted by Gasteiger charge is -2.36. The second-order valence-electron chi connectivity index (χ2n) is 6.70. The van der Waals surface area contributed by atoms with E-state index in [9.17, 15) is 5.11 Å². The SMILES string of the molecule is COc1ccc(C(OC[C@H](O)CN)(c2ccccc2)c2ccc(OC)cc2)cc1. The lowest BCUT2D eigenvalue weighted by molar-refractivity contribution is -0.0351. The molecule has 152 valence electrons. The van der Waals surface area contributed by atoms with Gasteiger partial charge in [0.2, 0.25) is 0 Å². The van der Waals surface area contributed by atoms with Crippen LogP contribution in [-0.2, 0) is 10.3 Å². The van der Waals surface area contributed by atoms with Gasteiger partial charge in [0.05, 0.1) is 26.9 Å². The fraction of sp³-hybridized carbons (Fsp3) is 0.250. The van der Waals surface area contributed by atoms with E-state index in [-0.39, 0.29) is 13.2 Å². The second kappa shape index (κ2) is 9.56. The maximum atomic E-state index is 10.1. The molecule has 0 radical (unpaired) electrons. The monoisotopic (exact) mass is 393 g/mol. The smallest absolute Gasteiger partial charge is 0.143 e. The Hall–Kier alpha value is -2.86. The van der Waals surface area contributed by atoms with Gasteiger partial charge in [-0.25, -0.2) is 0 Å². The lowest BCUT2D eigenvalue weighted by atomic mass is 9.80. The Kier molecular flexibility index (Phi) is 6.88. The van der Waals surface area contributed by atoms with Gasteiger partial charge in [-0.05, 0) is 41.0 Å². The van der Waals surface area contributed by atoms with E-state index in [1.807, 2.05) is 78.9 Å². The second-order valence-corrected chi connectivity index (χ2v) is 6.70. The molecule has 0 bridgehead atoms. The Bertz CT molecular complexity index is 832. The molecule has 29 heavy (non-hydrogen) atoms. The lowest BCUT2D eigenvalue weighted by Crippen LogP contribution is -2.37. The molecule has 0 saturated heterocycles. The van der Waals surface area contributed by atoms with Gasteiger partial charge >= 0.3 is 0 Å². The maximum Gasteiger partial charge on any atom is 0.143 e. The number of rotatable bonds is 9. The summed E-state index contributed by atoms with van der Waals surface area (Å²) in [7, 11) is 3.27. The predicted octanol–water partition coefficient (Wildman–Crippen LogP) is 3.33. The summed E-state index contributed by atoms with van der Waals surface area (Å²) in [5.41, 5.74) is 7.47. The molecule has 0 aliphatic heterocycles. The summed E-state index contributed by atoms with van der Waals surface area (Å²) in [6, 6.07) is 25.5. The highest BCUT2D eigenvalue weighted by atomic mass is 16.5. The number of aliphatic hydroxyl groups is 1. The zero-order chi connectivity index (χ0) is 20.7. The first-order chi connectivity index (χ1) is 14.1. The summed E-state index contributed by atoms with van der Waals surface area (Å²) in [5, 5.41) is 10.1. The minimum Gasteiger partial charge on any atom is -0.497 e. The average molecular weight is 393 g/mol. The molecule has 5 nitrogen and oxygen atoms in total. The van der Waals surface area contributed by atoms with E-state index in [4.69, 9.17) is 19.9 Å². The molecule has 0 unspecified atom stereocenters. The van der Waals surface area contributed by atoms with E-state index >= 15 is 0 Å². The Labute approximate surface area is 171 Å². The van der Waals surface area contributed by atoms with E-state index in [0.29, 0.717) is 0 Å². The van der Waals surface area contributed by atoms with Crippen LogP contribution >= 0.6 is 0 Å². The number of aliphatic hydroxyl groups excluding tert-OH is 1. The van der Waals surface area contributed by atoms with E-state index in [0.717, 1.165) is 28.2 Å². The van der Waals surface area contributed by atoms with Crippen molar-refractivity contribution in [3.8, 4) is 11.5 Å². The van der Waals surface area contributed by atoms with Gasteiger partial charge in [0.25, 0.3) is 0 Å². The van der Waals surface area contributed by atoms with Crippen LogP contribution in [0, 0.1) is 0 Å². The van der Waals surface area contributed by atoms with E-state index in [2.05, 4.69) is 0 Å². The molecule has 5 heteroatoms. The summed E-state index contributed by atoms with van der Waals surface area (Å²) in [5.74, 6) is 1.51. The molecule has 1 atom stereocenters. The third-order valence-corrected chi connectivity index (χ3v) is 4.94. The average Bonchev–Trinajstić information content (AvgIpc) is 2.80. The normalized spacial score (nSPS) is 12.4. The molecule has 0 fully saturated rings. The van der Waals surface area contributed by atoms with Gasteiger partial charge in [-0.2, -0.15) is 0 Å². The molecule has 0 spiro atoms. The molecular formula is C24H27NO4. The van der Waals surface area contributed by atoms with Gasteiger partial charge in [0, 0.05) is 6.54 Å². The first kappa shape index (κ1) is 20.9. The van der Waals surface area contributed by atoms with Gasteiger partial charge in [-0.15, -0.1) is 0 Å². The summed E-state index contributed by atoms with van der Waals surface area (Å²) in [6.45, 7) is 0.208. The van der Waals surface area contributed by atoms with Gasteiger partial charge in [0.15, 0.2) is 0 Å². The zero-order valence-electron chi connectivity index (χ0n) is 16.7. The number of nitrogens with two attached hydrogens (primary N) is 1. The van der Waals surface area contributed by atoms with Gasteiger partial charge in [0.1, 0.15) is 17.1 Å². The molecule has 3 N–H and O–H groups in total. The number of hydrogen-bond acceptors (Lipinski definition) is 5. The number of benzene rings is 3. The van der Waals surface area contributed by atoms with Gasteiger partial charge < -0.3 is 25.1 Å². The van der Waals surface area contributed by atoms with Crippen LogP contribution in [0.15, 0.2) is 78.9 Å². The van der Waals surface area contributed by atoms with E-state index in [1.165, 1.54) is 0 Å². The van der Waals surface area contributed by atoms with Crippen molar-refractivity contribution in [2.24, 2.45) is 5.73 Å². The molecule has 0 amide bonds. The van der Waals surface area contributed by atoms with Crippen LogP contribution in [0.2, 0.25) is 0 Å². The third kappa shape index (κ3) is 4.43. The van der Waals surface area contributed by atoms with Crippen molar-refractivity contribution in [3.05, 3.63) is 95.6 Å². The first-order valence-corrected chi connectivity index (χ1v) is 9.50. The first-order valence-electron chi connectivity index (χ1n) is 9.50. The molecule has 0 aliphatic carbocycles. The van der Waals surface area contributed by atoms with Crippen molar-refractivity contribution < 1.29 is 19.3 Å². The minimum atomic E-state index is -0.935. The standard InChI is InChI=1S/C24H27NO4/c1-27-22-12-8-19(9-13-22)24(29-17-21(26)16-25,18-6-4-3-5-7-18)20-10-14-23(28-2)15-11-20/h3-15,21,26H,16-17,25H2,1-2H3/t21-/m1/s1. The van der Waals surface area contributed by atoms with Crippen LogP contribution < -0.4 is 15.2 Å². The Balaban J connectivity index is 2.21. The third-order valence-electron chi connectivity index (χ3n) is 4.94. The summed E-state index contributed by atoms with van der Waals surface area (Å²) in [6.07, 6.45) is -0.769. The summed E-state index contributed by atoms with van der Waals surface area (Å²) < 4.78 is 17.1. The number of methoxy groups -OCH3 is 2. The molecular weight excluding hydrogens is 366 g/mol. The fourth-order valence-corrected chi connectivity index (χ4v) is 3.36. The molecule has 0 saturated carbocycles. The van der Waals surface area contributed by atoms with Crippen molar-refractivity contribution in [2.75, 3.05) is 27.4 Å². The van der Waals surface area contributed by atoms with Gasteiger partial charge in [-0.1, -0.05) is 54.6 Å². The van der Waals surface area contributed by atoms with Crippen LogP contribution in [0.25, 0.3) is 0 Å². The predicted molar refractivity (Wildman–Crippen MR) is 113 cm³/mol. The maximum absolute atomic E-state index is 10.1. The summed E-state index contributed by atoms with van der Waals surface area (Å²) in [4.78, 5) is 0. The molecule has 0 aromatic heterocycles. The van der Waals surface area contributed by atoms with Crippen molar-refractivity contribution in [2.45, 2.75) is 11.7 Å². The highest BCUT2D eigenvalue weighted by Gasteiger charge is 2.38. The minimum absolute atomic E-state index is 0.0868. The number of hydrogen-bond donors (Lipinski definition) is 2. The summed E-state index contributed by atoms with van der Waals surface area (Å²) >= 11 is 0. The van der Waals surface area contributed by atoms with Crippen LogP contribution in [0.4, 0.5) is 0 Å². The van der Waals surface area contributed by atoms with Crippen molar-refractivity contribution >= 4 is 0 Å². The van der Waals surface area contributed by atoms with E-state index in [1.54, 1.807) is 14.2 Å². The Morgan fingerprint density at radius 2 is 1.21 bits per heavy atom. The largest absolute Gasteiger partial charge is 0.497 e. The van der Waals surface area contributed by atoms with Crippen LogP contribution in [0.1, 0.15) is 16.7 Å². The fourth-order valence-electron chi connectivity index (χ4n) is 3.36. The molecule has 3 aromatic carbocycles. The highest BCUT2D eigenvalue weighted by Crippen LogP contribution is 2.41. The topological polar surface area (TPSA) is 73.9 Å². The Morgan fingerprint density at radius 3 is 1.62 bits per heavy atom. The van der Waals surface area contributed by atoms with E-state index < -0.39 is 11.7 Å². The van der Waals surface area contributed by atoms with Crippen LogP contribution in [0.5, 0.6) is 11.5 Å². The van der Waals surface area contributed by atoms with Crippen LogP contribution in [-0.4, -0.2) is 38.6 Å². The Morgan fingerprint density at radius 1 is 0.759 bits per heavy atom. The van der Waals surface area contributed by atoms with Crippen molar-refractivity contribution in [1.82, 2.24) is 0 Å². The molecule has 3 rings (SSSR count). The van der Waals surface area contributed by atoms with Crippen molar-refractivity contribution in [1.29, 1.82) is 0 Å². The number of ether oxygens (including phenoxy) is 3. The molecule has 0 aliphatic rings. The molecule has 0 heterocycles. The van der Waals surface area contributed by atoms with Crippen molar-refractivity contribution in [3.63, 3.8) is 0 Å². The zero-order valence-corrected chi connectivity index (χ0v) is 16.7. The molecule has 3 aromatic rings. The quantitative estimate of drug-likeness (QED) is 0.546.